The number of aromatic nitrogens is 2. The number of hydrogen-bond donors (Lipinski definition) is 0. The molecule has 0 atom stereocenters. The van der Waals surface area contributed by atoms with Crippen LogP contribution in [0.15, 0.2) is 24.3 Å². The molecular weight excluding hydrogens is 191 g/mol. The van der Waals surface area contributed by atoms with Gasteiger partial charge in [-0.1, -0.05) is 6.08 Å². The fraction of sp³-hybridized carbons (Fsp3) is 0.167. The van der Waals surface area contributed by atoms with E-state index < -0.39 is 0 Å². The monoisotopic (exact) mass is 202 g/mol. The van der Waals surface area contributed by atoms with Crippen LogP contribution in [-0.4, -0.2) is 9.97 Å². The average Bonchev–Trinajstić information content (AvgIpc) is 2.20. The largest absolute Gasteiger partial charge is 0.249 e. The Morgan fingerprint density at radius 3 is 2.73 bits per heavy atom. The molecule has 0 radical (unpaired) electrons. The number of benzene rings is 1. The maximum absolute atomic E-state index is 12.9. The standard InChI is InChI=1S/C12H11FN2/c1-3-4-10-8(2)14-12-7-9(13)5-6-11(12)15-10/h3-7H,1-2H3. The molecule has 0 unspecified atom stereocenters. The molecule has 0 saturated heterocycles. The molecule has 1 heterocycles. The van der Waals surface area contributed by atoms with Crippen molar-refractivity contribution in [3.63, 3.8) is 0 Å². The molecule has 1 aromatic heterocycles. The first-order valence-electron chi connectivity index (χ1n) is 4.77. The van der Waals surface area contributed by atoms with Crippen LogP contribution in [0.4, 0.5) is 4.39 Å². The van der Waals surface area contributed by atoms with Gasteiger partial charge in [0.2, 0.25) is 0 Å². The first-order chi connectivity index (χ1) is 7.20. The molecule has 0 N–H and O–H groups in total. The lowest BCUT2D eigenvalue weighted by atomic mass is 10.2. The smallest absolute Gasteiger partial charge is 0.125 e. The maximum Gasteiger partial charge on any atom is 0.125 e. The van der Waals surface area contributed by atoms with E-state index in [-0.39, 0.29) is 5.82 Å². The van der Waals surface area contributed by atoms with Crippen LogP contribution in [-0.2, 0) is 0 Å². The summed E-state index contributed by atoms with van der Waals surface area (Å²) >= 11 is 0. The van der Waals surface area contributed by atoms with E-state index in [0.717, 1.165) is 16.9 Å². The molecule has 0 aliphatic heterocycles. The third kappa shape index (κ3) is 1.86. The summed E-state index contributed by atoms with van der Waals surface area (Å²) in [6.45, 7) is 3.79. The molecule has 76 valence electrons. The average molecular weight is 202 g/mol. The van der Waals surface area contributed by atoms with Gasteiger partial charge in [-0.15, -0.1) is 0 Å². The van der Waals surface area contributed by atoms with Gasteiger partial charge >= 0.3 is 0 Å². The summed E-state index contributed by atoms with van der Waals surface area (Å²) in [7, 11) is 0. The van der Waals surface area contributed by atoms with Crippen molar-refractivity contribution >= 4 is 17.1 Å². The van der Waals surface area contributed by atoms with Gasteiger partial charge in [-0.25, -0.2) is 14.4 Å². The lowest BCUT2D eigenvalue weighted by Crippen LogP contribution is -1.93. The second-order valence-electron chi connectivity index (χ2n) is 3.33. The van der Waals surface area contributed by atoms with E-state index in [1.165, 1.54) is 12.1 Å². The van der Waals surface area contributed by atoms with E-state index in [2.05, 4.69) is 9.97 Å². The van der Waals surface area contributed by atoms with Gasteiger partial charge in [-0.2, -0.15) is 0 Å². The summed E-state index contributed by atoms with van der Waals surface area (Å²) in [5, 5.41) is 0. The van der Waals surface area contributed by atoms with Crippen LogP contribution in [0.2, 0.25) is 0 Å². The topological polar surface area (TPSA) is 25.8 Å². The number of hydrogen-bond acceptors (Lipinski definition) is 2. The van der Waals surface area contributed by atoms with Crippen molar-refractivity contribution in [2.24, 2.45) is 0 Å². The van der Waals surface area contributed by atoms with Crippen LogP contribution in [0, 0.1) is 12.7 Å². The molecule has 2 aromatic rings. The molecule has 0 aliphatic rings. The Morgan fingerprint density at radius 2 is 2.00 bits per heavy atom. The third-order valence-corrected chi connectivity index (χ3v) is 2.16. The van der Waals surface area contributed by atoms with Gasteiger partial charge < -0.3 is 0 Å². The molecule has 2 rings (SSSR count). The summed E-state index contributed by atoms with van der Waals surface area (Å²) in [4.78, 5) is 8.69. The fourth-order valence-corrected chi connectivity index (χ4v) is 1.45. The summed E-state index contributed by atoms with van der Waals surface area (Å²) in [5.74, 6) is -0.282. The quantitative estimate of drug-likeness (QED) is 0.710. The van der Waals surface area contributed by atoms with Crippen molar-refractivity contribution in [1.29, 1.82) is 0 Å². The molecule has 1 aromatic carbocycles. The zero-order valence-electron chi connectivity index (χ0n) is 8.66. The maximum atomic E-state index is 12.9. The molecule has 0 amide bonds. The second kappa shape index (κ2) is 3.77. The molecular formula is C12H11FN2. The normalized spacial score (nSPS) is 11.4. The molecule has 0 fully saturated rings. The highest BCUT2D eigenvalue weighted by atomic mass is 19.1. The first-order valence-corrected chi connectivity index (χ1v) is 4.77. The summed E-state index contributed by atoms with van der Waals surface area (Å²) in [5.41, 5.74) is 2.96. The van der Waals surface area contributed by atoms with E-state index in [4.69, 9.17) is 0 Å². The lowest BCUT2D eigenvalue weighted by Gasteiger charge is -2.02. The fourth-order valence-electron chi connectivity index (χ4n) is 1.45. The van der Waals surface area contributed by atoms with Gasteiger partial charge in [0.05, 0.1) is 22.4 Å². The summed E-state index contributed by atoms with van der Waals surface area (Å²) in [6, 6.07) is 4.44. The highest BCUT2D eigenvalue weighted by molar-refractivity contribution is 5.75. The SMILES string of the molecule is CC=Cc1nc2ccc(F)cc2nc1C. The van der Waals surface area contributed by atoms with Crippen LogP contribution in [0.5, 0.6) is 0 Å². The van der Waals surface area contributed by atoms with Gasteiger partial charge in [-0.3, -0.25) is 0 Å². The first kappa shape index (κ1) is 9.77. The van der Waals surface area contributed by atoms with Gasteiger partial charge in [0, 0.05) is 6.07 Å². The van der Waals surface area contributed by atoms with Crippen molar-refractivity contribution < 1.29 is 4.39 Å². The Bertz CT molecular complexity index is 532. The highest BCUT2D eigenvalue weighted by Gasteiger charge is 2.03. The van der Waals surface area contributed by atoms with Crippen LogP contribution in [0.1, 0.15) is 18.3 Å². The van der Waals surface area contributed by atoms with Crippen molar-refractivity contribution in [3.05, 3.63) is 41.5 Å². The number of aryl methyl sites for hydroxylation is 1. The van der Waals surface area contributed by atoms with Crippen molar-refractivity contribution in [1.82, 2.24) is 9.97 Å². The molecule has 15 heavy (non-hydrogen) atoms. The zero-order chi connectivity index (χ0) is 10.8. The predicted molar refractivity (Wildman–Crippen MR) is 58.9 cm³/mol. The Balaban J connectivity index is 2.70. The summed E-state index contributed by atoms with van der Waals surface area (Å²) in [6.07, 6.45) is 3.80. The van der Waals surface area contributed by atoms with E-state index in [9.17, 15) is 4.39 Å². The minimum atomic E-state index is -0.282. The molecule has 0 aliphatic carbocycles. The highest BCUT2D eigenvalue weighted by Crippen LogP contribution is 2.14. The van der Waals surface area contributed by atoms with E-state index in [1.807, 2.05) is 26.0 Å². The molecule has 3 heteroatoms. The van der Waals surface area contributed by atoms with Crippen LogP contribution in [0.3, 0.4) is 0 Å². The zero-order valence-corrected chi connectivity index (χ0v) is 8.66. The van der Waals surface area contributed by atoms with Crippen molar-refractivity contribution in [2.75, 3.05) is 0 Å². The van der Waals surface area contributed by atoms with E-state index >= 15 is 0 Å². The number of halogens is 1. The van der Waals surface area contributed by atoms with Crippen LogP contribution in [0.25, 0.3) is 17.1 Å². The number of nitrogens with zero attached hydrogens (tertiary/aromatic N) is 2. The number of allylic oxidation sites excluding steroid dienone is 1. The predicted octanol–water partition coefficient (Wildman–Crippen LogP) is 3.11. The minimum Gasteiger partial charge on any atom is -0.249 e. The Hall–Kier alpha value is -1.77. The van der Waals surface area contributed by atoms with Crippen LogP contribution >= 0.6 is 0 Å². The molecule has 0 saturated carbocycles. The van der Waals surface area contributed by atoms with Gasteiger partial charge in [0.25, 0.3) is 0 Å². The Kier molecular flexibility index (Phi) is 2.46. The second-order valence-corrected chi connectivity index (χ2v) is 3.33. The van der Waals surface area contributed by atoms with E-state index in [0.29, 0.717) is 5.52 Å². The van der Waals surface area contributed by atoms with Gasteiger partial charge in [0.1, 0.15) is 5.82 Å². The van der Waals surface area contributed by atoms with Crippen molar-refractivity contribution in [3.8, 4) is 0 Å². The van der Waals surface area contributed by atoms with Crippen LogP contribution < -0.4 is 0 Å². The van der Waals surface area contributed by atoms with Gasteiger partial charge in [-0.05, 0) is 32.1 Å². The number of rotatable bonds is 1. The van der Waals surface area contributed by atoms with E-state index in [1.54, 1.807) is 6.07 Å². The third-order valence-electron chi connectivity index (χ3n) is 2.16. The van der Waals surface area contributed by atoms with Crippen molar-refractivity contribution in [2.45, 2.75) is 13.8 Å². The summed E-state index contributed by atoms with van der Waals surface area (Å²) < 4.78 is 12.9. The van der Waals surface area contributed by atoms with Gasteiger partial charge in [0.15, 0.2) is 0 Å². The lowest BCUT2D eigenvalue weighted by molar-refractivity contribution is 0.629. The minimum absolute atomic E-state index is 0.282. The number of fused-ring (bicyclic) bond motifs is 1. The Morgan fingerprint density at radius 1 is 1.20 bits per heavy atom. The Labute approximate surface area is 87.5 Å². The molecule has 0 spiro atoms. The molecule has 2 nitrogen and oxygen atoms in total. The molecule has 0 bridgehead atoms.